The summed E-state index contributed by atoms with van der Waals surface area (Å²) in [5.41, 5.74) is 3.65. The highest BCUT2D eigenvalue weighted by atomic mass is 16.6. The summed E-state index contributed by atoms with van der Waals surface area (Å²) in [7, 11) is 2.16. The molecular formula is C18H18N3O2+. The molecule has 0 saturated heterocycles. The van der Waals surface area contributed by atoms with Crippen molar-refractivity contribution in [1.82, 2.24) is 4.98 Å². The van der Waals surface area contributed by atoms with E-state index in [4.69, 9.17) is 0 Å². The van der Waals surface area contributed by atoms with Crippen LogP contribution in [0.25, 0.3) is 5.57 Å². The van der Waals surface area contributed by atoms with E-state index in [0.717, 1.165) is 23.1 Å². The standard InChI is InChI=1S/C18H18N3O2/c1-21(13-15-4-6-18(7-5-15)20(22)23)12-2-3-17(14-21)16-8-10-19-11-9-16/h2-12H,13-14H2,1H3/q+1. The van der Waals surface area contributed by atoms with E-state index in [1.54, 1.807) is 24.5 Å². The molecule has 1 aromatic heterocycles. The maximum absolute atomic E-state index is 10.7. The minimum atomic E-state index is -0.370. The zero-order valence-electron chi connectivity index (χ0n) is 12.9. The van der Waals surface area contributed by atoms with E-state index in [1.807, 2.05) is 24.3 Å². The number of likely N-dealkylation sites (N-methyl/N-ethyl adjacent to an activating group) is 1. The largest absolute Gasteiger partial charge is 0.292 e. The summed E-state index contributed by atoms with van der Waals surface area (Å²) in [6, 6.07) is 10.8. The van der Waals surface area contributed by atoms with Crippen LogP contribution in [0.1, 0.15) is 11.1 Å². The van der Waals surface area contributed by atoms with Crippen molar-refractivity contribution in [3.8, 4) is 0 Å². The maximum Gasteiger partial charge on any atom is 0.269 e. The van der Waals surface area contributed by atoms with Crippen LogP contribution in [0.3, 0.4) is 0 Å². The van der Waals surface area contributed by atoms with E-state index in [1.165, 1.54) is 11.1 Å². The van der Waals surface area contributed by atoms with Crippen LogP contribution < -0.4 is 0 Å². The van der Waals surface area contributed by atoms with E-state index in [0.29, 0.717) is 0 Å². The van der Waals surface area contributed by atoms with Gasteiger partial charge in [-0.2, -0.15) is 0 Å². The smallest absolute Gasteiger partial charge is 0.269 e. The molecule has 5 nitrogen and oxygen atoms in total. The molecule has 3 rings (SSSR count). The second kappa shape index (κ2) is 6.14. The van der Waals surface area contributed by atoms with Crippen LogP contribution in [-0.4, -0.2) is 28.0 Å². The number of nitrogens with zero attached hydrogens (tertiary/aromatic N) is 3. The molecule has 2 aromatic rings. The van der Waals surface area contributed by atoms with Gasteiger partial charge in [-0.05, 0) is 42.0 Å². The number of rotatable bonds is 4. The van der Waals surface area contributed by atoms with Crippen molar-refractivity contribution in [3.63, 3.8) is 0 Å². The number of hydrogen-bond donors (Lipinski definition) is 0. The Morgan fingerprint density at radius 3 is 2.52 bits per heavy atom. The Kier molecular flexibility index (Phi) is 4.04. The number of nitro benzene ring substituents is 1. The Hall–Kier alpha value is -2.79. The average molecular weight is 308 g/mol. The molecule has 0 radical (unpaired) electrons. The van der Waals surface area contributed by atoms with Crippen LogP contribution in [-0.2, 0) is 6.54 Å². The number of pyridine rings is 1. The minimum absolute atomic E-state index is 0.128. The molecule has 0 bridgehead atoms. The molecule has 116 valence electrons. The predicted molar refractivity (Wildman–Crippen MR) is 89.2 cm³/mol. The van der Waals surface area contributed by atoms with Crippen molar-refractivity contribution < 1.29 is 9.41 Å². The average Bonchev–Trinajstić information content (AvgIpc) is 2.56. The van der Waals surface area contributed by atoms with Gasteiger partial charge in [0, 0.05) is 35.7 Å². The van der Waals surface area contributed by atoms with Crippen molar-refractivity contribution in [2.45, 2.75) is 6.54 Å². The van der Waals surface area contributed by atoms with Crippen molar-refractivity contribution in [1.29, 1.82) is 0 Å². The molecule has 1 atom stereocenters. The quantitative estimate of drug-likeness (QED) is 0.493. The molecule has 0 aliphatic carbocycles. The lowest BCUT2D eigenvalue weighted by atomic mass is 10.0. The van der Waals surface area contributed by atoms with E-state index in [-0.39, 0.29) is 10.6 Å². The van der Waals surface area contributed by atoms with Crippen molar-refractivity contribution in [2.24, 2.45) is 0 Å². The third kappa shape index (κ3) is 3.52. The molecule has 23 heavy (non-hydrogen) atoms. The third-order valence-corrected chi connectivity index (χ3v) is 4.02. The molecule has 1 aliphatic heterocycles. The van der Waals surface area contributed by atoms with Crippen molar-refractivity contribution >= 4 is 11.3 Å². The van der Waals surface area contributed by atoms with Crippen LogP contribution >= 0.6 is 0 Å². The summed E-state index contributed by atoms with van der Waals surface area (Å²) in [4.78, 5) is 14.4. The van der Waals surface area contributed by atoms with Crippen LogP contribution in [0, 0.1) is 10.1 Å². The maximum atomic E-state index is 10.7. The first-order valence-corrected chi connectivity index (χ1v) is 7.42. The zero-order valence-corrected chi connectivity index (χ0v) is 12.9. The molecule has 1 aromatic carbocycles. The molecular weight excluding hydrogens is 290 g/mol. The van der Waals surface area contributed by atoms with Gasteiger partial charge in [0.15, 0.2) is 0 Å². The van der Waals surface area contributed by atoms with Gasteiger partial charge in [0.1, 0.15) is 13.1 Å². The summed E-state index contributed by atoms with van der Waals surface area (Å²) < 4.78 is 0.728. The lowest BCUT2D eigenvalue weighted by Crippen LogP contribution is -2.40. The fraction of sp³-hybridized carbons (Fsp3) is 0.167. The first kappa shape index (κ1) is 15.1. The molecule has 1 aliphatic rings. The summed E-state index contributed by atoms with van der Waals surface area (Å²) >= 11 is 0. The van der Waals surface area contributed by atoms with E-state index in [9.17, 15) is 10.1 Å². The molecule has 2 heterocycles. The molecule has 0 amide bonds. The summed E-state index contributed by atoms with van der Waals surface area (Å²) in [6.07, 6.45) is 9.96. The van der Waals surface area contributed by atoms with Crippen LogP contribution in [0.4, 0.5) is 5.69 Å². The normalized spacial score (nSPS) is 20.1. The molecule has 0 fully saturated rings. The van der Waals surface area contributed by atoms with E-state index in [2.05, 4.69) is 30.4 Å². The number of aromatic nitrogens is 1. The van der Waals surface area contributed by atoms with Gasteiger partial charge in [0.25, 0.3) is 5.69 Å². The first-order valence-electron chi connectivity index (χ1n) is 7.42. The van der Waals surface area contributed by atoms with E-state index < -0.39 is 0 Å². The van der Waals surface area contributed by atoms with Crippen LogP contribution in [0.15, 0.2) is 67.1 Å². The highest BCUT2D eigenvalue weighted by Gasteiger charge is 2.24. The molecule has 0 N–H and O–H groups in total. The highest BCUT2D eigenvalue weighted by molar-refractivity contribution is 5.68. The number of hydrogen-bond acceptors (Lipinski definition) is 3. The Balaban J connectivity index is 1.76. The van der Waals surface area contributed by atoms with Crippen LogP contribution in [0.2, 0.25) is 0 Å². The third-order valence-electron chi connectivity index (χ3n) is 4.02. The molecule has 0 saturated carbocycles. The van der Waals surface area contributed by atoms with Gasteiger partial charge in [0.2, 0.25) is 0 Å². The first-order chi connectivity index (χ1) is 11.1. The summed E-state index contributed by atoms with van der Waals surface area (Å²) in [5, 5.41) is 10.7. The summed E-state index contributed by atoms with van der Waals surface area (Å²) in [6.45, 7) is 1.66. The molecule has 5 heteroatoms. The van der Waals surface area contributed by atoms with Gasteiger partial charge in [-0.25, -0.2) is 0 Å². The van der Waals surface area contributed by atoms with Gasteiger partial charge >= 0.3 is 0 Å². The number of benzene rings is 1. The van der Waals surface area contributed by atoms with Crippen molar-refractivity contribution in [2.75, 3.05) is 13.6 Å². The highest BCUT2D eigenvalue weighted by Crippen LogP contribution is 2.26. The number of quaternary nitrogens is 1. The van der Waals surface area contributed by atoms with Gasteiger partial charge in [0.05, 0.1) is 18.2 Å². The Bertz CT molecular complexity index is 767. The fourth-order valence-electron chi connectivity index (χ4n) is 2.86. The molecule has 0 spiro atoms. The van der Waals surface area contributed by atoms with Gasteiger partial charge < -0.3 is 0 Å². The predicted octanol–water partition coefficient (Wildman–Crippen LogP) is 3.55. The SMILES string of the molecule is C[N+]1(Cc2ccc([N+](=O)[O-])cc2)C=CC=C(c2ccncc2)C1. The topological polar surface area (TPSA) is 56.0 Å². The van der Waals surface area contributed by atoms with Gasteiger partial charge in [-0.15, -0.1) is 0 Å². The number of non-ortho nitro benzene ring substituents is 1. The summed E-state index contributed by atoms with van der Waals surface area (Å²) in [5.74, 6) is 0. The van der Waals surface area contributed by atoms with Gasteiger partial charge in [-0.1, -0.05) is 0 Å². The molecule has 1 unspecified atom stereocenters. The van der Waals surface area contributed by atoms with Crippen molar-refractivity contribution in [3.05, 3.63) is 88.4 Å². The Morgan fingerprint density at radius 2 is 1.87 bits per heavy atom. The monoisotopic (exact) mass is 308 g/mol. The lowest BCUT2D eigenvalue weighted by molar-refractivity contribution is -0.866. The second-order valence-corrected chi connectivity index (χ2v) is 5.99. The zero-order chi connectivity index (χ0) is 16.3. The van der Waals surface area contributed by atoms with E-state index >= 15 is 0 Å². The lowest BCUT2D eigenvalue weighted by Gasteiger charge is -2.33. The Labute approximate surface area is 135 Å². The fourth-order valence-corrected chi connectivity index (χ4v) is 2.86. The van der Waals surface area contributed by atoms with Crippen LogP contribution in [0.5, 0.6) is 0 Å². The van der Waals surface area contributed by atoms with Gasteiger partial charge in [-0.3, -0.25) is 19.6 Å². The second-order valence-electron chi connectivity index (χ2n) is 5.99. The number of allylic oxidation sites excluding steroid dienone is 2. The minimum Gasteiger partial charge on any atom is -0.292 e. The Morgan fingerprint density at radius 1 is 1.17 bits per heavy atom. The number of nitro groups is 1.